The van der Waals surface area contributed by atoms with E-state index in [0.29, 0.717) is 15.6 Å². The maximum Gasteiger partial charge on any atom is 0.336 e. The first-order valence-electron chi connectivity index (χ1n) is 5.63. The molecular weight excluding hydrogens is 283 g/mol. The molecule has 1 aromatic heterocycles. The summed E-state index contributed by atoms with van der Waals surface area (Å²) >= 11 is 12.1. The van der Waals surface area contributed by atoms with Gasteiger partial charge in [0, 0.05) is 16.5 Å². The fraction of sp³-hybridized carbons (Fsp3) is 0. The van der Waals surface area contributed by atoms with Crippen molar-refractivity contribution in [3.05, 3.63) is 69.0 Å². The average Bonchev–Trinajstić information content (AvgIpc) is 2.40. The number of benzene rings is 2. The molecule has 3 aromatic rings. The van der Waals surface area contributed by atoms with E-state index in [4.69, 9.17) is 27.6 Å². The van der Waals surface area contributed by atoms with Crippen LogP contribution in [-0.2, 0) is 0 Å². The van der Waals surface area contributed by atoms with Gasteiger partial charge in [-0.25, -0.2) is 4.79 Å². The third-order valence-electron chi connectivity index (χ3n) is 2.85. The quantitative estimate of drug-likeness (QED) is 0.605. The Morgan fingerprint density at radius 1 is 0.947 bits per heavy atom. The lowest BCUT2D eigenvalue weighted by atomic mass is 10.0. The molecule has 0 spiro atoms. The summed E-state index contributed by atoms with van der Waals surface area (Å²) in [6.07, 6.45) is 0. The second-order valence-electron chi connectivity index (χ2n) is 4.11. The molecule has 2 aromatic carbocycles. The standard InChI is InChI=1S/C15H8Cl2O2/c16-10-6-12-11(9-4-2-1-3-5-9)8-14(18)19-15(12)13(17)7-10/h1-8H. The molecule has 0 atom stereocenters. The van der Waals surface area contributed by atoms with Crippen molar-refractivity contribution >= 4 is 34.2 Å². The minimum atomic E-state index is -0.435. The molecule has 0 amide bonds. The van der Waals surface area contributed by atoms with E-state index in [2.05, 4.69) is 0 Å². The summed E-state index contributed by atoms with van der Waals surface area (Å²) in [4.78, 5) is 11.7. The van der Waals surface area contributed by atoms with Crippen LogP contribution in [0, 0.1) is 0 Å². The molecule has 0 aliphatic carbocycles. The van der Waals surface area contributed by atoms with E-state index in [1.165, 1.54) is 6.07 Å². The summed E-state index contributed by atoms with van der Waals surface area (Å²) in [6.45, 7) is 0. The lowest BCUT2D eigenvalue weighted by Crippen LogP contribution is -1.98. The van der Waals surface area contributed by atoms with E-state index >= 15 is 0 Å². The van der Waals surface area contributed by atoms with Crippen LogP contribution < -0.4 is 5.63 Å². The van der Waals surface area contributed by atoms with Gasteiger partial charge in [0.05, 0.1) is 5.02 Å². The van der Waals surface area contributed by atoms with Crippen LogP contribution in [0.4, 0.5) is 0 Å². The van der Waals surface area contributed by atoms with Crippen molar-refractivity contribution in [3.63, 3.8) is 0 Å². The van der Waals surface area contributed by atoms with Gasteiger partial charge in [-0.1, -0.05) is 53.5 Å². The largest absolute Gasteiger partial charge is 0.421 e. The molecular formula is C15H8Cl2O2. The van der Waals surface area contributed by atoms with E-state index in [1.54, 1.807) is 12.1 Å². The van der Waals surface area contributed by atoms with Crippen LogP contribution >= 0.6 is 23.2 Å². The van der Waals surface area contributed by atoms with E-state index in [9.17, 15) is 4.79 Å². The molecule has 2 nitrogen and oxygen atoms in total. The van der Waals surface area contributed by atoms with Crippen LogP contribution in [0.1, 0.15) is 0 Å². The fourth-order valence-corrected chi connectivity index (χ4v) is 2.58. The Morgan fingerprint density at radius 2 is 1.68 bits per heavy atom. The van der Waals surface area contributed by atoms with Crippen LogP contribution in [0.15, 0.2) is 57.7 Å². The topological polar surface area (TPSA) is 30.2 Å². The highest BCUT2D eigenvalue weighted by atomic mass is 35.5. The second-order valence-corrected chi connectivity index (χ2v) is 4.95. The van der Waals surface area contributed by atoms with Gasteiger partial charge in [0.1, 0.15) is 0 Å². The highest BCUT2D eigenvalue weighted by Gasteiger charge is 2.11. The summed E-state index contributed by atoms with van der Waals surface area (Å²) in [5.74, 6) is 0. The maximum absolute atomic E-state index is 11.7. The molecule has 0 fully saturated rings. The summed E-state index contributed by atoms with van der Waals surface area (Å²) in [5.41, 5.74) is 1.60. The zero-order chi connectivity index (χ0) is 13.4. The second kappa shape index (κ2) is 4.72. The predicted molar refractivity (Wildman–Crippen MR) is 77.9 cm³/mol. The Balaban J connectivity index is 2.45. The Bertz CT molecular complexity index is 807. The molecule has 0 saturated carbocycles. The summed E-state index contributed by atoms with van der Waals surface area (Å²) in [7, 11) is 0. The molecule has 19 heavy (non-hydrogen) atoms. The van der Waals surface area contributed by atoms with E-state index in [0.717, 1.165) is 16.5 Å². The van der Waals surface area contributed by atoms with Crippen LogP contribution in [0.25, 0.3) is 22.1 Å². The highest BCUT2D eigenvalue weighted by molar-refractivity contribution is 6.38. The minimum Gasteiger partial charge on any atom is -0.421 e. The number of hydrogen-bond acceptors (Lipinski definition) is 2. The molecule has 0 unspecified atom stereocenters. The van der Waals surface area contributed by atoms with E-state index in [1.807, 2.05) is 30.3 Å². The van der Waals surface area contributed by atoms with Gasteiger partial charge in [-0.05, 0) is 23.3 Å². The molecule has 0 N–H and O–H groups in total. The number of hydrogen-bond donors (Lipinski definition) is 0. The average molecular weight is 291 g/mol. The van der Waals surface area contributed by atoms with Gasteiger partial charge >= 0.3 is 5.63 Å². The Kier molecular flexibility index (Phi) is 3.05. The molecule has 0 radical (unpaired) electrons. The Morgan fingerprint density at radius 3 is 2.42 bits per heavy atom. The SMILES string of the molecule is O=c1cc(-c2ccccc2)c2cc(Cl)cc(Cl)c2o1. The van der Waals surface area contributed by atoms with Gasteiger partial charge in [-0.3, -0.25) is 0 Å². The first-order chi connectivity index (χ1) is 9.15. The molecule has 1 heterocycles. The van der Waals surface area contributed by atoms with Gasteiger partial charge in [-0.15, -0.1) is 0 Å². The van der Waals surface area contributed by atoms with Crippen LogP contribution in [0.3, 0.4) is 0 Å². The van der Waals surface area contributed by atoms with Crippen molar-refractivity contribution < 1.29 is 4.42 Å². The Labute approximate surface area is 119 Å². The monoisotopic (exact) mass is 290 g/mol. The van der Waals surface area contributed by atoms with Gasteiger partial charge in [-0.2, -0.15) is 0 Å². The van der Waals surface area contributed by atoms with Crippen LogP contribution in [-0.4, -0.2) is 0 Å². The van der Waals surface area contributed by atoms with Crippen molar-refractivity contribution in [3.8, 4) is 11.1 Å². The van der Waals surface area contributed by atoms with Gasteiger partial charge in [0.15, 0.2) is 5.58 Å². The van der Waals surface area contributed by atoms with Crippen molar-refractivity contribution in [2.75, 3.05) is 0 Å². The van der Waals surface area contributed by atoms with Crippen molar-refractivity contribution in [1.82, 2.24) is 0 Å². The predicted octanol–water partition coefficient (Wildman–Crippen LogP) is 4.77. The molecule has 0 aliphatic heterocycles. The molecule has 0 saturated heterocycles. The molecule has 0 bridgehead atoms. The molecule has 3 rings (SSSR count). The summed E-state index contributed by atoms with van der Waals surface area (Å²) in [5, 5.41) is 1.56. The third-order valence-corrected chi connectivity index (χ3v) is 3.35. The normalized spacial score (nSPS) is 10.8. The van der Waals surface area contributed by atoms with Gasteiger partial charge in [0.25, 0.3) is 0 Å². The molecule has 0 aliphatic rings. The number of fused-ring (bicyclic) bond motifs is 1. The van der Waals surface area contributed by atoms with E-state index < -0.39 is 5.63 Å². The first-order valence-corrected chi connectivity index (χ1v) is 6.39. The first kappa shape index (κ1) is 12.3. The Hall–Kier alpha value is -1.77. The molecule has 94 valence electrons. The lowest BCUT2D eigenvalue weighted by Gasteiger charge is -2.07. The number of halogens is 2. The summed E-state index contributed by atoms with van der Waals surface area (Å²) in [6, 6.07) is 14.3. The smallest absolute Gasteiger partial charge is 0.336 e. The van der Waals surface area contributed by atoms with Crippen LogP contribution in [0.2, 0.25) is 10.0 Å². The molecule has 4 heteroatoms. The van der Waals surface area contributed by atoms with Crippen molar-refractivity contribution in [2.24, 2.45) is 0 Å². The fourth-order valence-electron chi connectivity index (χ4n) is 2.05. The highest BCUT2D eigenvalue weighted by Crippen LogP contribution is 2.33. The van der Waals surface area contributed by atoms with E-state index in [-0.39, 0.29) is 0 Å². The van der Waals surface area contributed by atoms with Crippen molar-refractivity contribution in [1.29, 1.82) is 0 Å². The summed E-state index contributed by atoms with van der Waals surface area (Å²) < 4.78 is 5.16. The zero-order valence-corrected chi connectivity index (χ0v) is 11.2. The maximum atomic E-state index is 11.7. The van der Waals surface area contributed by atoms with Crippen LogP contribution in [0.5, 0.6) is 0 Å². The van der Waals surface area contributed by atoms with Crippen molar-refractivity contribution in [2.45, 2.75) is 0 Å². The lowest BCUT2D eigenvalue weighted by molar-refractivity contribution is 0.561. The van der Waals surface area contributed by atoms with Gasteiger partial charge < -0.3 is 4.42 Å². The van der Waals surface area contributed by atoms with Gasteiger partial charge in [0.2, 0.25) is 0 Å². The third kappa shape index (κ3) is 2.25. The minimum absolute atomic E-state index is 0.331. The number of rotatable bonds is 1. The zero-order valence-electron chi connectivity index (χ0n) is 9.69.